The average molecular weight is 278 g/mol. The minimum atomic E-state index is 0.364. The Morgan fingerprint density at radius 1 is 1.10 bits per heavy atom. The zero-order valence-corrected chi connectivity index (χ0v) is 14.8. The van der Waals surface area contributed by atoms with E-state index in [9.17, 15) is 0 Å². The van der Waals surface area contributed by atoms with Gasteiger partial charge in [0, 0.05) is 5.92 Å². The standard InChI is InChI=1S/C15H22O.2C2H6/c1-11-9-16-10-13-6-5-12(7-14(11)13)8-15(2,3)4;2*1-2/h5-7,11H,8-10H2,1-4H3;2*1-2H3. The highest BCUT2D eigenvalue weighted by atomic mass is 16.5. The minimum Gasteiger partial charge on any atom is -0.376 e. The molecule has 1 aromatic rings. The van der Waals surface area contributed by atoms with Crippen LogP contribution in [0.4, 0.5) is 0 Å². The van der Waals surface area contributed by atoms with Crippen molar-refractivity contribution in [3.05, 3.63) is 34.9 Å². The molecular formula is C19H34O. The molecule has 0 radical (unpaired) electrons. The Hall–Kier alpha value is -0.820. The third kappa shape index (κ3) is 6.09. The van der Waals surface area contributed by atoms with Gasteiger partial charge in [-0.1, -0.05) is 73.6 Å². The van der Waals surface area contributed by atoms with E-state index in [0.717, 1.165) is 19.6 Å². The molecule has 0 aromatic heterocycles. The first-order chi connectivity index (χ1) is 9.46. The van der Waals surface area contributed by atoms with Crippen LogP contribution in [0.2, 0.25) is 0 Å². The molecule has 0 spiro atoms. The fourth-order valence-corrected chi connectivity index (χ4v) is 2.39. The Bertz CT molecular complexity index is 374. The van der Waals surface area contributed by atoms with Gasteiger partial charge in [0.25, 0.3) is 0 Å². The van der Waals surface area contributed by atoms with E-state index in [1.807, 2.05) is 27.7 Å². The molecule has 0 bridgehead atoms. The number of hydrogen-bond acceptors (Lipinski definition) is 1. The number of fused-ring (bicyclic) bond motifs is 1. The molecule has 116 valence electrons. The molecule has 0 N–H and O–H groups in total. The van der Waals surface area contributed by atoms with E-state index >= 15 is 0 Å². The van der Waals surface area contributed by atoms with Crippen LogP contribution in [0, 0.1) is 5.41 Å². The van der Waals surface area contributed by atoms with Crippen LogP contribution in [0.25, 0.3) is 0 Å². The molecule has 20 heavy (non-hydrogen) atoms. The molecule has 1 unspecified atom stereocenters. The van der Waals surface area contributed by atoms with Crippen LogP contribution in [-0.2, 0) is 17.8 Å². The molecule has 0 aliphatic carbocycles. The average Bonchev–Trinajstić information content (AvgIpc) is 2.43. The van der Waals surface area contributed by atoms with E-state index < -0.39 is 0 Å². The monoisotopic (exact) mass is 278 g/mol. The van der Waals surface area contributed by atoms with Gasteiger partial charge in [-0.2, -0.15) is 0 Å². The van der Waals surface area contributed by atoms with Gasteiger partial charge in [-0.15, -0.1) is 0 Å². The molecule has 1 nitrogen and oxygen atoms in total. The SMILES string of the molecule is CC.CC.CC1COCc2ccc(CC(C)(C)C)cc21. The quantitative estimate of drug-likeness (QED) is 0.615. The molecule has 1 aliphatic heterocycles. The Kier molecular flexibility index (Phi) is 8.80. The number of hydrogen-bond donors (Lipinski definition) is 0. The molecule has 0 fully saturated rings. The molecule has 2 rings (SSSR count). The third-order valence-corrected chi connectivity index (χ3v) is 3.10. The summed E-state index contributed by atoms with van der Waals surface area (Å²) in [5.74, 6) is 0.545. The van der Waals surface area contributed by atoms with Crippen LogP contribution in [0.15, 0.2) is 18.2 Å². The van der Waals surface area contributed by atoms with Gasteiger partial charge in [-0.05, 0) is 28.5 Å². The smallest absolute Gasteiger partial charge is 0.0719 e. The largest absolute Gasteiger partial charge is 0.376 e. The Morgan fingerprint density at radius 3 is 2.25 bits per heavy atom. The molecule has 1 heterocycles. The first-order valence-corrected chi connectivity index (χ1v) is 8.15. The van der Waals surface area contributed by atoms with Gasteiger partial charge >= 0.3 is 0 Å². The first kappa shape index (κ1) is 19.2. The maximum absolute atomic E-state index is 5.55. The lowest BCUT2D eigenvalue weighted by atomic mass is 9.85. The van der Waals surface area contributed by atoms with Gasteiger partial charge in [0.1, 0.15) is 0 Å². The molecule has 0 amide bonds. The number of ether oxygens (including phenoxy) is 1. The Morgan fingerprint density at radius 2 is 1.70 bits per heavy atom. The first-order valence-electron chi connectivity index (χ1n) is 8.15. The fraction of sp³-hybridized carbons (Fsp3) is 0.684. The lowest BCUT2D eigenvalue weighted by Crippen LogP contribution is -2.16. The lowest BCUT2D eigenvalue weighted by Gasteiger charge is -2.25. The van der Waals surface area contributed by atoms with E-state index in [2.05, 4.69) is 45.9 Å². The second kappa shape index (κ2) is 9.18. The summed E-state index contributed by atoms with van der Waals surface area (Å²) >= 11 is 0. The van der Waals surface area contributed by atoms with Crippen molar-refractivity contribution in [2.24, 2.45) is 5.41 Å². The van der Waals surface area contributed by atoms with Crippen molar-refractivity contribution in [2.45, 2.75) is 74.3 Å². The van der Waals surface area contributed by atoms with Gasteiger partial charge in [0.15, 0.2) is 0 Å². The van der Waals surface area contributed by atoms with E-state index in [1.54, 1.807) is 0 Å². The summed E-state index contributed by atoms with van der Waals surface area (Å²) in [6, 6.07) is 6.88. The van der Waals surface area contributed by atoms with Crippen LogP contribution in [-0.4, -0.2) is 6.61 Å². The molecule has 1 heteroatoms. The predicted molar refractivity (Wildman–Crippen MR) is 90.4 cm³/mol. The summed E-state index contributed by atoms with van der Waals surface area (Å²) in [6.07, 6.45) is 1.15. The highest BCUT2D eigenvalue weighted by Gasteiger charge is 2.18. The van der Waals surface area contributed by atoms with Gasteiger partial charge in [0.05, 0.1) is 13.2 Å². The second-order valence-corrected chi connectivity index (χ2v) is 6.19. The van der Waals surface area contributed by atoms with E-state index in [0.29, 0.717) is 11.3 Å². The Balaban J connectivity index is 0.000000829. The van der Waals surface area contributed by atoms with E-state index in [1.165, 1.54) is 16.7 Å². The summed E-state index contributed by atoms with van der Waals surface area (Å²) < 4.78 is 5.55. The molecule has 0 saturated heterocycles. The predicted octanol–water partition coefficient (Wildman–Crippen LogP) is 5.96. The zero-order valence-electron chi connectivity index (χ0n) is 14.8. The molecular weight excluding hydrogens is 244 g/mol. The fourth-order valence-electron chi connectivity index (χ4n) is 2.39. The van der Waals surface area contributed by atoms with Gasteiger partial charge < -0.3 is 4.74 Å². The summed E-state index contributed by atoms with van der Waals surface area (Å²) in [7, 11) is 0. The highest BCUT2D eigenvalue weighted by molar-refractivity contribution is 5.35. The summed E-state index contributed by atoms with van der Waals surface area (Å²) in [5, 5.41) is 0. The maximum atomic E-state index is 5.55. The number of benzene rings is 1. The lowest BCUT2D eigenvalue weighted by molar-refractivity contribution is 0.0950. The maximum Gasteiger partial charge on any atom is 0.0719 e. The normalized spacial score (nSPS) is 17.1. The van der Waals surface area contributed by atoms with Crippen molar-refractivity contribution in [3.63, 3.8) is 0 Å². The topological polar surface area (TPSA) is 9.23 Å². The van der Waals surface area contributed by atoms with E-state index in [-0.39, 0.29) is 0 Å². The van der Waals surface area contributed by atoms with Crippen molar-refractivity contribution >= 4 is 0 Å². The van der Waals surface area contributed by atoms with E-state index in [4.69, 9.17) is 4.74 Å². The molecule has 1 aliphatic rings. The van der Waals surface area contributed by atoms with Crippen LogP contribution < -0.4 is 0 Å². The van der Waals surface area contributed by atoms with Crippen molar-refractivity contribution in [1.29, 1.82) is 0 Å². The third-order valence-electron chi connectivity index (χ3n) is 3.10. The molecule has 1 aromatic carbocycles. The molecule has 1 atom stereocenters. The second-order valence-electron chi connectivity index (χ2n) is 6.19. The highest BCUT2D eigenvalue weighted by Crippen LogP contribution is 2.29. The summed E-state index contributed by atoms with van der Waals surface area (Å²) in [5.41, 5.74) is 4.69. The van der Waals surface area contributed by atoms with Gasteiger partial charge in [-0.3, -0.25) is 0 Å². The summed E-state index contributed by atoms with van der Waals surface area (Å²) in [4.78, 5) is 0. The summed E-state index contributed by atoms with van der Waals surface area (Å²) in [6.45, 7) is 18.8. The van der Waals surface area contributed by atoms with Crippen LogP contribution in [0.3, 0.4) is 0 Å². The molecule has 0 saturated carbocycles. The van der Waals surface area contributed by atoms with Crippen molar-refractivity contribution in [2.75, 3.05) is 6.61 Å². The van der Waals surface area contributed by atoms with Crippen LogP contribution >= 0.6 is 0 Å². The van der Waals surface area contributed by atoms with Crippen molar-refractivity contribution in [1.82, 2.24) is 0 Å². The minimum absolute atomic E-state index is 0.364. The Labute approximate surface area is 126 Å². The van der Waals surface area contributed by atoms with Gasteiger partial charge in [0.2, 0.25) is 0 Å². The van der Waals surface area contributed by atoms with Crippen molar-refractivity contribution < 1.29 is 4.74 Å². The van der Waals surface area contributed by atoms with Crippen LogP contribution in [0.5, 0.6) is 0 Å². The van der Waals surface area contributed by atoms with Crippen LogP contribution in [0.1, 0.15) is 78.0 Å². The zero-order chi connectivity index (χ0) is 15.8. The number of rotatable bonds is 1. The van der Waals surface area contributed by atoms with Crippen molar-refractivity contribution in [3.8, 4) is 0 Å². The van der Waals surface area contributed by atoms with Gasteiger partial charge in [-0.25, -0.2) is 0 Å².